The summed E-state index contributed by atoms with van der Waals surface area (Å²) < 4.78 is 24.5. The fourth-order valence-electron chi connectivity index (χ4n) is 1.29. The summed E-state index contributed by atoms with van der Waals surface area (Å²) in [5.74, 6) is -0.768. The number of carbonyl (C=O) groups is 1. The Kier molecular flexibility index (Phi) is 7.33. The lowest BCUT2D eigenvalue weighted by atomic mass is 10.2. The smallest absolute Gasteiger partial charge is 0.218 e. The average Bonchev–Trinajstić information content (AvgIpc) is 2.21. The molecule has 2 N–H and O–H groups in total. The third kappa shape index (κ3) is 6.79. The highest BCUT2D eigenvalue weighted by molar-refractivity contribution is 7.89. The molecule has 0 aromatic heterocycles. The summed E-state index contributed by atoms with van der Waals surface area (Å²) in [5.41, 5.74) is 4.92. The van der Waals surface area contributed by atoms with Crippen LogP contribution in [0.5, 0.6) is 0 Å². The van der Waals surface area contributed by atoms with Gasteiger partial charge in [0.1, 0.15) is 0 Å². The van der Waals surface area contributed by atoms with E-state index in [0.29, 0.717) is 6.54 Å². The maximum atomic E-state index is 11.6. The van der Waals surface area contributed by atoms with Gasteiger partial charge in [0.2, 0.25) is 15.9 Å². The molecule has 0 bridgehead atoms. The van der Waals surface area contributed by atoms with E-state index in [-0.39, 0.29) is 12.2 Å². The van der Waals surface area contributed by atoms with Crippen molar-refractivity contribution in [3.63, 3.8) is 0 Å². The van der Waals surface area contributed by atoms with Gasteiger partial charge in [-0.25, -0.2) is 12.7 Å². The van der Waals surface area contributed by atoms with Crippen molar-refractivity contribution in [2.24, 2.45) is 5.73 Å². The van der Waals surface area contributed by atoms with E-state index in [0.717, 1.165) is 25.7 Å². The molecule has 5 nitrogen and oxygen atoms in total. The van der Waals surface area contributed by atoms with Crippen LogP contribution in [0, 0.1) is 0 Å². The number of amides is 1. The summed E-state index contributed by atoms with van der Waals surface area (Å²) in [4.78, 5) is 10.5. The second kappa shape index (κ2) is 7.62. The maximum absolute atomic E-state index is 11.6. The Hall–Kier alpha value is -0.620. The lowest BCUT2D eigenvalue weighted by molar-refractivity contribution is -0.117. The summed E-state index contributed by atoms with van der Waals surface area (Å²) in [6.45, 7) is 2.62. The fraction of sp³-hybridized carbons (Fsp3) is 0.900. The number of rotatable bonds is 9. The summed E-state index contributed by atoms with van der Waals surface area (Å²) in [5, 5.41) is 0. The Bertz CT molecular complexity index is 301. The minimum atomic E-state index is -3.31. The first-order valence-electron chi connectivity index (χ1n) is 5.62. The first kappa shape index (κ1) is 15.4. The van der Waals surface area contributed by atoms with Crippen molar-refractivity contribution in [1.29, 1.82) is 0 Å². The van der Waals surface area contributed by atoms with Crippen molar-refractivity contribution in [1.82, 2.24) is 4.31 Å². The van der Waals surface area contributed by atoms with Crippen molar-refractivity contribution in [3.05, 3.63) is 0 Å². The molecule has 0 aliphatic rings. The predicted molar refractivity (Wildman–Crippen MR) is 64.4 cm³/mol. The number of sulfonamides is 1. The van der Waals surface area contributed by atoms with Crippen LogP contribution in [0.25, 0.3) is 0 Å². The second-order valence-corrected chi connectivity index (χ2v) is 6.11. The molecule has 0 aliphatic heterocycles. The topological polar surface area (TPSA) is 80.5 Å². The molecule has 0 fully saturated rings. The third-order valence-corrected chi connectivity index (χ3v) is 4.26. The molecule has 0 atom stereocenters. The first-order valence-corrected chi connectivity index (χ1v) is 7.23. The minimum absolute atomic E-state index is 0.109. The van der Waals surface area contributed by atoms with E-state index in [2.05, 4.69) is 6.92 Å². The van der Waals surface area contributed by atoms with E-state index in [1.54, 1.807) is 7.05 Å². The third-order valence-electron chi connectivity index (χ3n) is 2.41. The monoisotopic (exact) mass is 250 g/mol. The highest BCUT2D eigenvalue weighted by atomic mass is 32.2. The van der Waals surface area contributed by atoms with Crippen LogP contribution in [0.15, 0.2) is 0 Å². The van der Waals surface area contributed by atoms with Crippen LogP contribution in [0.3, 0.4) is 0 Å². The molecule has 16 heavy (non-hydrogen) atoms. The van der Waals surface area contributed by atoms with E-state index >= 15 is 0 Å². The Labute approximate surface area is 98.0 Å². The molecule has 6 heteroatoms. The van der Waals surface area contributed by atoms with Crippen molar-refractivity contribution >= 4 is 15.9 Å². The van der Waals surface area contributed by atoms with Gasteiger partial charge in [0.05, 0.1) is 5.75 Å². The molecule has 0 spiro atoms. The van der Waals surface area contributed by atoms with Gasteiger partial charge in [-0.3, -0.25) is 4.79 Å². The van der Waals surface area contributed by atoms with E-state index < -0.39 is 15.9 Å². The SMILES string of the molecule is CCCCCCN(C)S(=O)(=O)CCC(N)=O. The molecule has 0 radical (unpaired) electrons. The Morgan fingerprint density at radius 2 is 1.88 bits per heavy atom. The molecular weight excluding hydrogens is 228 g/mol. The Morgan fingerprint density at radius 3 is 2.38 bits per heavy atom. The first-order chi connectivity index (χ1) is 7.40. The molecule has 1 amide bonds. The molecule has 0 unspecified atom stereocenters. The van der Waals surface area contributed by atoms with Gasteiger partial charge in [-0.1, -0.05) is 26.2 Å². The van der Waals surface area contributed by atoms with Crippen molar-refractivity contribution < 1.29 is 13.2 Å². The largest absolute Gasteiger partial charge is 0.370 e. The highest BCUT2D eigenvalue weighted by Gasteiger charge is 2.17. The minimum Gasteiger partial charge on any atom is -0.370 e. The molecule has 0 saturated carbocycles. The quantitative estimate of drug-likeness (QED) is 0.612. The highest BCUT2D eigenvalue weighted by Crippen LogP contribution is 2.05. The fourth-order valence-corrected chi connectivity index (χ4v) is 2.46. The van der Waals surface area contributed by atoms with Crippen molar-refractivity contribution in [2.45, 2.75) is 39.0 Å². The van der Waals surface area contributed by atoms with E-state index in [1.165, 1.54) is 4.31 Å². The zero-order chi connectivity index (χ0) is 12.6. The number of carbonyl (C=O) groups excluding carboxylic acids is 1. The molecule has 0 aromatic rings. The summed E-state index contributed by atoms with van der Waals surface area (Å²) >= 11 is 0. The van der Waals surface area contributed by atoms with Gasteiger partial charge in [-0.15, -0.1) is 0 Å². The number of hydrogen-bond donors (Lipinski definition) is 1. The van der Waals surface area contributed by atoms with Crippen molar-refractivity contribution in [3.8, 4) is 0 Å². The Morgan fingerprint density at radius 1 is 1.25 bits per heavy atom. The zero-order valence-electron chi connectivity index (χ0n) is 10.1. The molecular formula is C10H22N2O3S. The summed E-state index contributed by atoms with van der Waals surface area (Å²) in [7, 11) is -1.77. The van der Waals surface area contributed by atoms with Crippen LogP contribution in [0.1, 0.15) is 39.0 Å². The van der Waals surface area contributed by atoms with E-state index in [1.807, 2.05) is 0 Å². The number of nitrogens with zero attached hydrogens (tertiary/aromatic N) is 1. The normalized spacial score (nSPS) is 11.9. The van der Waals surface area contributed by atoms with Gasteiger partial charge < -0.3 is 5.73 Å². The number of nitrogens with two attached hydrogens (primary N) is 1. The van der Waals surface area contributed by atoms with Gasteiger partial charge in [0.25, 0.3) is 0 Å². The number of primary amides is 1. The number of hydrogen-bond acceptors (Lipinski definition) is 3. The van der Waals surface area contributed by atoms with E-state index in [9.17, 15) is 13.2 Å². The van der Waals surface area contributed by atoms with Crippen LogP contribution in [0.4, 0.5) is 0 Å². The van der Waals surface area contributed by atoms with Gasteiger partial charge in [0, 0.05) is 20.0 Å². The standard InChI is InChI=1S/C10H22N2O3S/c1-3-4-5-6-8-12(2)16(14,15)9-7-10(11)13/h3-9H2,1-2H3,(H2,11,13). The summed E-state index contributed by atoms with van der Waals surface area (Å²) in [6, 6.07) is 0. The molecule has 96 valence electrons. The van der Waals surface area contributed by atoms with Crippen LogP contribution in [-0.2, 0) is 14.8 Å². The Balaban J connectivity index is 3.95. The zero-order valence-corrected chi connectivity index (χ0v) is 10.9. The molecule has 0 aromatic carbocycles. The van der Waals surface area contributed by atoms with Crippen LogP contribution in [0.2, 0.25) is 0 Å². The average molecular weight is 250 g/mol. The van der Waals surface area contributed by atoms with Crippen LogP contribution < -0.4 is 5.73 Å². The van der Waals surface area contributed by atoms with Gasteiger partial charge >= 0.3 is 0 Å². The van der Waals surface area contributed by atoms with Gasteiger partial charge in [-0.05, 0) is 6.42 Å². The van der Waals surface area contributed by atoms with Crippen LogP contribution in [-0.4, -0.2) is 38.0 Å². The predicted octanol–water partition coefficient (Wildman–Crippen LogP) is 0.704. The second-order valence-electron chi connectivity index (χ2n) is 3.91. The molecule has 0 saturated heterocycles. The van der Waals surface area contributed by atoms with Crippen molar-refractivity contribution in [2.75, 3.05) is 19.3 Å². The summed E-state index contributed by atoms with van der Waals surface area (Å²) in [6.07, 6.45) is 4.03. The maximum Gasteiger partial charge on any atom is 0.218 e. The molecule has 0 heterocycles. The molecule has 0 rings (SSSR count). The molecule has 0 aliphatic carbocycles. The number of unbranched alkanes of at least 4 members (excludes halogenated alkanes) is 3. The van der Waals surface area contributed by atoms with Crippen LogP contribution >= 0.6 is 0 Å². The lowest BCUT2D eigenvalue weighted by Gasteiger charge is -2.16. The van der Waals surface area contributed by atoms with Gasteiger partial charge in [-0.2, -0.15) is 0 Å². The lowest BCUT2D eigenvalue weighted by Crippen LogP contribution is -2.31. The van der Waals surface area contributed by atoms with E-state index in [4.69, 9.17) is 5.73 Å². The van der Waals surface area contributed by atoms with Gasteiger partial charge in [0.15, 0.2) is 0 Å².